The van der Waals surface area contributed by atoms with Crippen LogP contribution >= 0.6 is 0 Å². The van der Waals surface area contributed by atoms with Crippen molar-refractivity contribution in [2.24, 2.45) is 0 Å². The van der Waals surface area contributed by atoms with E-state index in [1.165, 1.54) is 5.56 Å². The average molecular weight is 387 g/mol. The van der Waals surface area contributed by atoms with Crippen LogP contribution in [0, 0.1) is 6.92 Å². The van der Waals surface area contributed by atoms with Gasteiger partial charge in [0.2, 0.25) is 11.9 Å². The molecule has 4 rings (SSSR count). The van der Waals surface area contributed by atoms with Crippen molar-refractivity contribution in [2.75, 3.05) is 36.4 Å². The fraction of sp³-hybridized carbons (Fsp3) is 0.261. The molecule has 29 heavy (non-hydrogen) atoms. The molecule has 3 aromatic rings. The third-order valence-corrected chi connectivity index (χ3v) is 5.08. The molecular weight excluding hydrogens is 362 g/mol. The summed E-state index contributed by atoms with van der Waals surface area (Å²) >= 11 is 0. The summed E-state index contributed by atoms with van der Waals surface area (Å²) < 4.78 is 0. The van der Waals surface area contributed by atoms with Gasteiger partial charge in [-0.3, -0.25) is 4.79 Å². The van der Waals surface area contributed by atoms with Crippen LogP contribution in [0.4, 0.5) is 17.5 Å². The lowest BCUT2D eigenvalue weighted by Gasteiger charge is -2.34. The lowest BCUT2D eigenvalue weighted by molar-refractivity contribution is -0.129. The molecule has 0 saturated carbocycles. The molecule has 2 heterocycles. The zero-order valence-corrected chi connectivity index (χ0v) is 16.8. The molecule has 0 unspecified atom stereocenters. The molecule has 1 aromatic heterocycles. The number of aryl methyl sites for hydroxylation is 1. The Bertz CT molecular complexity index is 997. The van der Waals surface area contributed by atoms with E-state index in [9.17, 15) is 4.79 Å². The van der Waals surface area contributed by atoms with E-state index in [0.717, 1.165) is 35.9 Å². The van der Waals surface area contributed by atoms with Gasteiger partial charge in [0.05, 0.1) is 5.69 Å². The summed E-state index contributed by atoms with van der Waals surface area (Å²) in [6.07, 6.45) is 0. The molecule has 6 nitrogen and oxygen atoms in total. The summed E-state index contributed by atoms with van der Waals surface area (Å²) in [6, 6.07) is 20.3. The zero-order chi connectivity index (χ0) is 20.2. The molecule has 1 aliphatic heterocycles. The van der Waals surface area contributed by atoms with Crippen LogP contribution in [0.5, 0.6) is 0 Å². The highest BCUT2D eigenvalue weighted by Gasteiger charge is 2.21. The zero-order valence-electron chi connectivity index (χ0n) is 16.8. The van der Waals surface area contributed by atoms with Crippen LogP contribution in [0.2, 0.25) is 0 Å². The third-order valence-electron chi connectivity index (χ3n) is 5.08. The standard InChI is InChI=1S/C23H25N5O/c1-17-7-6-10-20(15-17)24-22-16-21(19-8-4-3-5-9-19)25-23(26-22)28-13-11-27(12-14-28)18(2)29/h3-10,15-16H,11-14H2,1-2H3,(H,24,25,26). The largest absolute Gasteiger partial charge is 0.340 e. The van der Waals surface area contributed by atoms with Crippen molar-refractivity contribution in [2.45, 2.75) is 13.8 Å². The first-order chi connectivity index (χ1) is 14.1. The number of rotatable bonds is 4. The SMILES string of the molecule is CC(=O)N1CCN(c2nc(Nc3cccc(C)c3)cc(-c3ccccc3)n2)CC1. The number of hydrogen-bond acceptors (Lipinski definition) is 5. The fourth-order valence-corrected chi connectivity index (χ4v) is 3.49. The fourth-order valence-electron chi connectivity index (χ4n) is 3.49. The topological polar surface area (TPSA) is 61.4 Å². The van der Waals surface area contributed by atoms with E-state index in [1.54, 1.807) is 6.92 Å². The van der Waals surface area contributed by atoms with Crippen LogP contribution in [-0.2, 0) is 4.79 Å². The van der Waals surface area contributed by atoms with Gasteiger partial charge in [0, 0.05) is 50.4 Å². The monoisotopic (exact) mass is 387 g/mol. The van der Waals surface area contributed by atoms with Gasteiger partial charge in [-0.1, -0.05) is 42.5 Å². The van der Waals surface area contributed by atoms with Gasteiger partial charge < -0.3 is 15.1 Å². The quantitative estimate of drug-likeness (QED) is 0.736. The Morgan fingerprint density at radius 3 is 2.38 bits per heavy atom. The molecular formula is C23H25N5O. The van der Waals surface area contributed by atoms with Gasteiger partial charge >= 0.3 is 0 Å². The van der Waals surface area contributed by atoms with Crippen molar-refractivity contribution in [3.63, 3.8) is 0 Å². The Morgan fingerprint density at radius 2 is 1.69 bits per heavy atom. The van der Waals surface area contributed by atoms with E-state index >= 15 is 0 Å². The van der Waals surface area contributed by atoms with Gasteiger partial charge in [-0.25, -0.2) is 4.98 Å². The first-order valence-corrected chi connectivity index (χ1v) is 9.87. The molecule has 1 fully saturated rings. The Kier molecular flexibility index (Phi) is 5.42. The molecule has 0 radical (unpaired) electrons. The van der Waals surface area contributed by atoms with E-state index < -0.39 is 0 Å². The number of carbonyl (C=O) groups is 1. The highest BCUT2D eigenvalue weighted by atomic mass is 16.2. The van der Waals surface area contributed by atoms with Crippen molar-refractivity contribution < 1.29 is 4.79 Å². The number of aromatic nitrogens is 2. The van der Waals surface area contributed by atoms with E-state index in [4.69, 9.17) is 9.97 Å². The highest BCUT2D eigenvalue weighted by molar-refractivity contribution is 5.73. The van der Waals surface area contributed by atoms with E-state index in [-0.39, 0.29) is 5.91 Å². The van der Waals surface area contributed by atoms with Gasteiger partial charge in [0.1, 0.15) is 5.82 Å². The molecule has 0 spiro atoms. The molecule has 0 bridgehead atoms. The summed E-state index contributed by atoms with van der Waals surface area (Å²) in [7, 11) is 0. The maximum Gasteiger partial charge on any atom is 0.228 e. The lowest BCUT2D eigenvalue weighted by Crippen LogP contribution is -2.48. The second-order valence-corrected chi connectivity index (χ2v) is 7.29. The van der Waals surface area contributed by atoms with Crippen LogP contribution < -0.4 is 10.2 Å². The molecule has 6 heteroatoms. The van der Waals surface area contributed by atoms with Crippen molar-refractivity contribution in [1.82, 2.24) is 14.9 Å². The highest BCUT2D eigenvalue weighted by Crippen LogP contribution is 2.25. The second-order valence-electron chi connectivity index (χ2n) is 7.29. The minimum Gasteiger partial charge on any atom is -0.340 e. The van der Waals surface area contributed by atoms with Crippen molar-refractivity contribution in [3.8, 4) is 11.3 Å². The first kappa shape index (κ1) is 18.9. The summed E-state index contributed by atoms with van der Waals surface area (Å²) in [6.45, 7) is 6.51. The Hall–Kier alpha value is -3.41. The van der Waals surface area contributed by atoms with Gasteiger partial charge in [0.15, 0.2) is 0 Å². The number of benzene rings is 2. The summed E-state index contributed by atoms with van der Waals surface area (Å²) in [5.74, 6) is 1.56. The third kappa shape index (κ3) is 4.54. The van der Waals surface area contributed by atoms with Crippen molar-refractivity contribution >= 4 is 23.4 Å². The summed E-state index contributed by atoms with van der Waals surface area (Å²) in [4.78, 5) is 25.2. The summed E-state index contributed by atoms with van der Waals surface area (Å²) in [5, 5.41) is 3.42. The lowest BCUT2D eigenvalue weighted by atomic mass is 10.1. The minimum absolute atomic E-state index is 0.116. The predicted octanol–water partition coefficient (Wildman–Crippen LogP) is 3.86. The van der Waals surface area contributed by atoms with Crippen LogP contribution in [0.3, 0.4) is 0 Å². The number of piperazine rings is 1. The molecule has 1 saturated heterocycles. The van der Waals surface area contributed by atoms with E-state index in [1.807, 2.05) is 41.3 Å². The van der Waals surface area contributed by atoms with Crippen LogP contribution in [0.1, 0.15) is 12.5 Å². The molecule has 1 aliphatic rings. The van der Waals surface area contributed by atoms with E-state index in [2.05, 4.69) is 41.4 Å². The maximum absolute atomic E-state index is 11.6. The number of hydrogen-bond donors (Lipinski definition) is 1. The molecule has 2 aromatic carbocycles. The number of carbonyl (C=O) groups excluding carboxylic acids is 1. The Morgan fingerprint density at radius 1 is 0.931 bits per heavy atom. The molecule has 0 aliphatic carbocycles. The Labute approximate surface area is 171 Å². The average Bonchev–Trinajstić information content (AvgIpc) is 2.74. The second kappa shape index (κ2) is 8.31. The number of amides is 1. The molecule has 148 valence electrons. The normalized spacial score (nSPS) is 14.0. The van der Waals surface area contributed by atoms with Crippen LogP contribution in [0.15, 0.2) is 60.7 Å². The minimum atomic E-state index is 0.116. The number of nitrogens with zero attached hydrogens (tertiary/aromatic N) is 4. The predicted molar refractivity (Wildman–Crippen MR) is 116 cm³/mol. The smallest absolute Gasteiger partial charge is 0.228 e. The molecule has 1 amide bonds. The van der Waals surface area contributed by atoms with Crippen molar-refractivity contribution in [1.29, 1.82) is 0 Å². The van der Waals surface area contributed by atoms with Gasteiger partial charge in [-0.05, 0) is 24.6 Å². The van der Waals surface area contributed by atoms with Gasteiger partial charge in [-0.2, -0.15) is 4.98 Å². The van der Waals surface area contributed by atoms with Gasteiger partial charge in [0.25, 0.3) is 0 Å². The van der Waals surface area contributed by atoms with Crippen LogP contribution in [0.25, 0.3) is 11.3 Å². The first-order valence-electron chi connectivity index (χ1n) is 9.87. The molecule has 1 N–H and O–H groups in total. The van der Waals surface area contributed by atoms with Crippen LogP contribution in [-0.4, -0.2) is 47.0 Å². The summed E-state index contributed by atoms with van der Waals surface area (Å²) in [5.41, 5.74) is 4.11. The van der Waals surface area contributed by atoms with E-state index in [0.29, 0.717) is 19.0 Å². The Balaban J connectivity index is 1.66. The maximum atomic E-state index is 11.6. The van der Waals surface area contributed by atoms with Gasteiger partial charge in [-0.15, -0.1) is 0 Å². The number of anilines is 3. The molecule has 0 atom stereocenters. The van der Waals surface area contributed by atoms with Crippen molar-refractivity contribution in [3.05, 3.63) is 66.2 Å². The number of nitrogens with one attached hydrogen (secondary N) is 1.